The zero-order valence-electron chi connectivity index (χ0n) is 11.7. The molecule has 2 aromatic rings. The third-order valence-electron chi connectivity index (χ3n) is 3.61. The first-order valence-electron chi connectivity index (χ1n) is 7.35. The molecule has 0 nitrogen and oxygen atoms in total. The van der Waals surface area contributed by atoms with Gasteiger partial charge in [0.25, 0.3) is 0 Å². The van der Waals surface area contributed by atoms with Crippen molar-refractivity contribution in [3.8, 4) is 0 Å². The fourth-order valence-corrected chi connectivity index (χ4v) is 2.42. The van der Waals surface area contributed by atoms with E-state index < -0.39 is 0 Å². The van der Waals surface area contributed by atoms with Crippen LogP contribution in [0.15, 0.2) is 36.4 Å². The van der Waals surface area contributed by atoms with E-state index in [1.807, 2.05) is 0 Å². The summed E-state index contributed by atoms with van der Waals surface area (Å²) < 4.78 is 0. The van der Waals surface area contributed by atoms with Gasteiger partial charge >= 0.3 is 0 Å². The Bertz CT molecular complexity index is 449. The Morgan fingerprint density at radius 2 is 1.11 bits per heavy atom. The highest BCUT2D eigenvalue weighted by Crippen LogP contribution is 2.20. The van der Waals surface area contributed by atoms with Gasteiger partial charge in [-0.1, -0.05) is 63.1 Å². The van der Waals surface area contributed by atoms with E-state index in [2.05, 4.69) is 50.2 Å². The van der Waals surface area contributed by atoms with Crippen LogP contribution in [0.4, 0.5) is 0 Å². The van der Waals surface area contributed by atoms with Crippen molar-refractivity contribution >= 4 is 10.8 Å². The number of aryl methyl sites for hydroxylation is 2. The molecule has 2 rings (SSSR count). The highest BCUT2D eigenvalue weighted by Gasteiger charge is 1.99. The summed E-state index contributed by atoms with van der Waals surface area (Å²) in [5.41, 5.74) is 2.95. The number of fused-ring (bicyclic) bond motifs is 1. The molecule has 96 valence electrons. The molecule has 0 amide bonds. The van der Waals surface area contributed by atoms with Crippen molar-refractivity contribution in [2.24, 2.45) is 0 Å². The molecule has 0 aliphatic rings. The summed E-state index contributed by atoms with van der Waals surface area (Å²) in [6, 6.07) is 13.9. The number of rotatable bonds is 6. The Balaban J connectivity index is 2.19. The van der Waals surface area contributed by atoms with Gasteiger partial charge in [0, 0.05) is 0 Å². The number of unbranched alkanes of at least 4 members (excludes halogenated alkanes) is 2. The standard InChI is InChI=1S/C18H24/c1-3-5-7-15-9-11-18-14-16(8-6-4-2)10-12-17(18)13-15/h9-14H,3-8H2,1-2H3. The zero-order valence-corrected chi connectivity index (χ0v) is 11.7. The summed E-state index contributed by atoms with van der Waals surface area (Å²) in [4.78, 5) is 0. The minimum Gasteiger partial charge on any atom is -0.0654 e. The van der Waals surface area contributed by atoms with E-state index in [9.17, 15) is 0 Å². The Hall–Kier alpha value is -1.30. The molecule has 0 saturated carbocycles. The van der Waals surface area contributed by atoms with Crippen molar-refractivity contribution in [2.45, 2.75) is 52.4 Å². The van der Waals surface area contributed by atoms with Crippen molar-refractivity contribution in [1.29, 1.82) is 0 Å². The second kappa shape index (κ2) is 6.58. The fourth-order valence-electron chi connectivity index (χ4n) is 2.42. The smallest absolute Gasteiger partial charge is 0.0181 e. The molecule has 0 spiro atoms. The van der Waals surface area contributed by atoms with Crippen LogP contribution in [0.2, 0.25) is 0 Å². The normalized spacial score (nSPS) is 11.0. The molecule has 0 heterocycles. The predicted octanol–water partition coefficient (Wildman–Crippen LogP) is 5.53. The maximum absolute atomic E-state index is 2.36. The lowest BCUT2D eigenvalue weighted by Gasteiger charge is -2.06. The summed E-state index contributed by atoms with van der Waals surface area (Å²) >= 11 is 0. The van der Waals surface area contributed by atoms with Crippen LogP contribution >= 0.6 is 0 Å². The van der Waals surface area contributed by atoms with Crippen LogP contribution in [0, 0.1) is 0 Å². The van der Waals surface area contributed by atoms with Gasteiger partial charge in [0.05, 0.1) is 0 Å². The molecule has 0 aliphatic carbocycles. The first-order chi connectivity index (χ1) is 8.83. The lowest BCUT2D eigenvalue weighted by molar-refractivity contribution is 0.794. The van der Waals surface area contributed by atoms with Crippen LogP contribution in [-0.2, 0) is 12.8 Å². The lowest BCUT2D eigenvalue weighted by atomic mass is 10.00. The molecule has 0 N–H and O–H groups in total. The highest BCUT2D eigenvalue weighted by molar-refractivity contribution is 5.83. The molecule has 0 aliphatic heterocycles. The molecule has 0 saturated heterocycles. The zero-order chi connectivity index (χ0) is 12.8. The molecule has 0 bridgehead atoms. The van der Waals surface area contributed by atoms with E-state index in [4.69, 9.17) is 0 Å². The molecule has 0 aromatic heterocycles. The van der Waals surface area contributed by atoms with Gasteiger partial charge in [0.15, 0.2) is 0 Å². The second-order valence-corrected chi connectivity index (χ2v) is 5.22. The van der Waals surface area contributed by atoms with E-state index in [-0.39, 0.29) is 0 Å². The number of hydrogen-bond acceptors (Lipinski definition) is 0. The molecule has 18 heavy (non-hydrogen) atoms. The summed E-state index contributed by atoms with van der Waals surface area (Å²) in [5, 5.41) is 2.78. The second-order valence-electron chi connectivity index (χ2n) is 5.22. The molecular formula is C18H24. The Morgan fingerprint density at radius 3 is 1.50 bits per heavy atom. The SMILES string of the molecule is CCCCc1ccc2cc(CCCC)ccc2c1. The van der Waals surface area contributed by atoms with E-state index >= 15 is 0 Å². The molecule has 0 heteroatoms. The van der Waals surface area contributed by atoms with Gasteiger partial charge in [-0.15, -0.1) is 0 Å². The predicted molar refractivity (Wildman–Crippen MR) is 81.2 cm³/mol. The van der Waals surface area contributed by atoms with Crippen LogP contribution < -0.4 is 0 Å². The van der Waals surface area contributed by atoms with Gasteiger partial charge < -0.3 is 0 Å². The van der Waals surface area contributed by atoms with E-state index in [0.717, 1.165) is 0 Å². The molecule has 2 aromatic carbocycles. The summed E-state index contributed by atoms with van der Waals surface area (Å²) in [6.07, 6.45) is 7.55. The van der Waals surface area contributed by atoms with Crippen molar-refractivity contribution in [1.82, 2.24) is 0 Å². The van der Waals surface area contributed by atoms with Crippen molar-refractivity contribution < 1.29 is 0 Å². The Kier molecular flexibility index (Phi) is 4.81. The van der Waals surface area contributed by atoms with Gasteiger partial charge in [-0.3, -0.25) is 0 Å². The summed E-state index contributed by atoms with van der Waals surface area (Å²) in [5.74, 6) is 0. The maximum Gasteiger partial charge on any atom is -0.0181 e. The molecule has 0 unspecified atom stereocenters. The van der Waals surface area contributed by atoms with Crippen LogP contribution in [0.25, 0.3) is 10.8 Å². The van der Waals surface area contributed by atoms with Crippen LogP contribution in [0.3, 0.4) is 0 Å². The van der Waals surface area contributed by atoms with E-state index in [1.54, 1.807) is 0 Å². The van der Waals surface area contributed by atoms with Crippen molar-refractivity contribution in [3.63, 3.8) is 0 Å². The summed E-state index contributed by atoms with van der Waals surface area (Å²) in [7, 11) is 0. The van der Waals surface area contributed by atoms with Crippen LogP contribution in [0.1, 0.15) is 50.7 Å². The fraction of sp³-hybridized carbons (Fsp3) is 0.444. The quantitative estimate of drug-likeness (QED) is 0.623. The largest absolute Gasteiger partial charge is 0.0654 e. The minimum atomic E-state index is 1.21. The van der Waals surface area contributed by atoms with Gasteiger partial charge in [-0.25, -0.2) is 0 Å². The first-order valence-corrected chi connectivity index (χ1v) is 7.35. The van der Waals surface area contributed by atoms with Crippen LogP contribution in [-0.4, -0.2) is 0 Å². The monoisotopic (exact) mass is 240 g/mol. The van der Waals surface area contributed by atoms with Gasteiger partial charge in [0.2, 0.25) is 0 Å². The summed E-state index contributed by atoms with van der Waals surface area (Å²) in [6.45, 7) is 4.50. The molecule has 0 fully saturated rings. The van der Waals surface area contributed by atoms with Gasteiger partial charge in [0.1, 0.15) is 0 Å². The van der Waals surface area contributed by atoms with Gasteiger partial charge in [-0.05, 0) is 47.6 Å². The number of hydrogen-bond donors (Lipinski definition) is 0. The first kappa shape index (κ1) is 13.1. The van der Waals surface area contributed by atoms with Gasteiger partial charge in [-0.2, -0.15) is 0 Å². The average molecular weight is 240 g/mol. The maximum atomic E-state index is 2.36. The van der Waals surface area contributed by atoms with Crippen molar-refractivity contribution in [2.75, 3.05) is 0 Å². The van der Waals surface area contributed by atoms with E-state index in [0.29, 0.717) is 0 Å². The number of benzene rings is 2. The minimum absolute atomic E-state index is 1.21. The Labute approximate surface area is 111 Å². The molecule has 0 radical (unpaired) electrons. The third-order valence-corrected chi connectivity index (χ3v) is 3.61. The van der Waals surface area contributed by atoms with Crippen LogP contribution in [0.5, 0.6) is 0 Å². The molecule has 0 atom stereocenters. The lowest BCUT2D eigenvalue weighted by Crippen LogP contribution is -1.87. The Morgan fingerprint density at radius 1 is 0.667 bits per heavy atom. The van der Waals surface area contributed by atoms with E-state index in [1.165, 1.54) is 60.4 Å². The average Bonchev–Trinajstić information content (AvgIpc) is 2.42. The van der Waals surface area contributed by atoms with Crippen molar-refractivity contribution in [3.05, 3.63) is 47.5 Å². The molecular weight excluding hydrogens is 216 g/mol. The third kappa shape index (κ3) is 3.35. The highest BCUT2D eigenvalue weighted by atomic mass is 14.0. The topological polar surface area (TPSA) is 0 Å².